The second-order valence-electron chi connectivity index (χ2n) is 5.99. The molecule has 0 nitrogen and oxygen atoms in total. The molecule has 0 aromatic heterocycles. The van der Waals surface area contributed by atoms with E-state index in [4.69, 9.17) is 0 Å². The van der Waals surface area contributed by atoms with E-state index in [1.807, 2.05) is 0 Å². The van der Waals surface area contributed by atoms with Crippen molar-refractivity contribution < 1.29 is 24.8 Å². The molecule has 0 spiro atoms. The predicted molar refractivity (Wildman–Crippen MR) is 99.1 cm³/mol. The SMILES string of the molecule is CCCCCCCCCCCCCCCCCCBr.[Cl-].[Cl-].[Mg+2]. The van der Waals surface area contributed by atoms with Gasteiger partial charge in [0.2, 0.25) is 0 Å². The number of hydrogen-bond donors (Lipinski definition) is 0. The standard InChI is InChI=1S/C18H37Br.2ClH.Mg/c1-2-3-4-5-6-7-8-9-10-11-12-13-14-15-16-17-18-19;;;/h2-18H2,1H3;2*1H;/q;;;+2/p-2. The van der Waals surface area contributed by atoms with Gasteiger partial charge in [-0.15, -0.1) is 0 Å². The Kier molecular flexibility index (Phi) is 44.0. The van der Waals surface area contributed by atoms with Gasteiger partial charge in [0.05, 0.1) is 0 Å². The molecular weight excluding hydrogens is 391 g/mol. The Bertz CT molecular complexity index is 144. The average Bonchev–Trinajstić information content (AvgIpc) is 2.43. The van der Waals surface area contributed by atoms with Crippen molar-refractivity contribution in [2.75, 3.05) is 5.33 Å². The first-order valence-corrected chi connectivity index (χ1v) is 10.1. The Morgan fingerprint density at radius 2 is 0.682 bits per heavy atom. The van der Waals surface area contributed by atoms with Crippen LogP contribution in [-0.2, 0) is 0 Å². The van der Waals surface area contributed by atoms with Crippen molar-refractivity contribution in [3.63, 3.8) is 0 Å². The van der Waals surface area contributed by atoms with Gasteiger partial charge in [0.1, 0.15) is 0 Å². The fourth-order valence-corrected chi connectivity index (χ4v) is 3.04. The van der Waals surface area contributed by atoms with Crippen molar-refractivity contribution in [2.24, 2.45) is 0 Å². The summed E-state index contributed by atoms with van der Waals surface area (Å²) in [5, 5.41) is 1.19. The molecule has 0 bridgehead atoms. The van der Waals surface area contributed by atoms with Crippen LogP contribution < -0.4 is 24.8 Å². The first kappa shape index (κ1) is 31.6. The molecular formula is C18H37BrCl2Mg. The molecule has 0 aromatic rings. The first-order valence-electron chi connectivity index (χ1n) is 8.97. The molecule has 0 aromatic carbocycles. The minimum Gasteiger partial charge on any atom is -1.00 e. The predicted octanol–water partition coefficient (Wildman–Crippen LogP) is 1.27. The zero-order valence-electron chi connectivity index (χ0n) is 14.9. The number of rotatable bonds is 16. The van der Waals surface area contributed by atoms with Crippen LogP contribution in [0.1, 0.15) is 110 Å². The molecule has 22 heavy (non-hydrogen) atoms. The second-order valence-corrected chi connectivity index (χ2v) is 6.79. The van der Waals surface area contributed by atoms with Crippen LogP contribution >= 0.6 is 15.9 Å². The Morgan fingerprint density at radius 3 is 0.909 bits per heavy atom. The molecule has 0 N–H and O–H groups in total. The van der Waals surface area contributed by atoms with Crippen molar-refractivity contribution in [3.05, 3.63) is 0 Å². The monoisotopic (exact) mass is 426 g/mol. The summed E-state index contributed by atoms with van der Waals surface area (Å²) in [6.45, 7) is 2.29. The molecule has 0 saturated carbocycles. The summed E-state index contributed by atoms with van der Waals surface area (Å²) >= 11 is 3.49. The fourth-order valence-electron chi connectivity index (χ4n) is 2.64. The van der Waals surface area contributed by atoms with Crippen molar-refractivity contribution in [1.82, 2.24) is 0 Å². The van der Waals surface area contributed by atoms with Crippen LogP contribution in [0, 0.1) is 0 Å². The van der Waals surface area contributed by atoms with E-state index < -0.39 is 0 Å². The number of alkyl halides is 1. The topological polar surface area (TPSA) is 0 Å². The molecule has 0 aliphatic rings. The van der Waals surface area contributed by atoms with Crippen LogP contribution in [0.5, 0.6) is 0 Å². The quantitative estimate of drug-likeness (QED) is 0.197. The van der Waals surface area contributed by atoms with Crippen molar-refractivity contribution >= 4 is 39.0 Å². The van der Waals surface area contributed by atoms with E-state index in [1.165, 1.54) is 108 Å². The van der Waals surface area contributed by atoms with E-state index in [9.17, 15) is 0 Å². The summed E-state index contributed by atoms with van der Waals surface area (Å²) in [5.41, 5.74) is 0. The molecule has 0 fully saturated rings. The van der Waals surface area contributed by atoms with Gasteiger partial charge in [0, 0.05) is 5.33 Å². The second kappa shape index (κ2) is 30.7. The molecule has 0 rings (SSSR count). The Morgan fingerprint density at radius 1 is 0.455 bits per heavy atom. The van der Waals surface area contributed by atoms with Gasteiger partial charge in [-0.05, 0) is 6.42 Å². The maximum atomic E-state index is 3.49. The summed E-state index contributed by atoms with van der Waals surface area (Å²) in [7, 11) is 0. The molecule has 0 aliphatic heterocycles. The minimum absolute atomic E-state index is 0. The van der Waals surface area contributed by atoms with Crippen LogP contribution in [0.4, 0.5) is 0 Å². The van der Waals surface area contributed by atoms with E-state index in [-0.39, 0.29) is 47.9 Å². The fraction of sp³-hybridized carbons (Fsp3) is 1.00. The molecule has 0 radical (unpaired) electrons. The normalized spacial score (nSPS) is 9.55. The third kappa shape index (κ3) is 29.8. The van der Waals surface area contributed by atoms with Crippen LogP contribution in [-0.4, -0.2) is 28.4 Å². The number of unbranched alkanes of at least 4 members (excludes halogenated alkanes) is 15. The van der Waals surface area contributed by atoms with E-state index in [0.717, 1.165) is 0 Å². The van der Waals surface area contributed by atoms with Crippen LogP contribution in [0.25, 0.3) is 0 Å². The first-order chi connectivity index (χ1) is 9.41. The maximum absolute atomic E-state index is 3.49. The minimum atomic E-state index is 0. The molecule has 132 valence electrons. The molecule has 0 heterocycles. The molecule has 0 unspecified atom stereocenters. The van der Waals surface area contributed by atoms with Gasteiger partial charge in [-0.25, -0.2) is 0 Å². The Labute approximate surface area is 177 Å². The van der Waals surface area contributed by atoms with E-state index in [1.54, 1.807) is 0 Å². The van der Waals surface area contributed by atoms with E-state index in [2.05, 4.69) is 22.9 Å². The smallest absolute Gasteiger partial charge is 1.00 e. The zero-order chi connectivity index (χ0) is 14.0. The third-order valence-corrected chi connectivity index (χ3v) is 4.55. The molecule has 0 atom stereocenters. The average molecular weight is 429 g/mol. The number of halogens is 3. The number of hydrogen-bond acceptors (Lipinski definition) is 0. The van der Waals surface area contributed by atoms with Gasteiger partial charge in [-0.2, -0.15) is 0 Å². The summed E-state index contributed by atoms with van der Waals surface area (Å²) in [5.74, 6) is 0. The molecule has 4 heteroatoms. The van der Waals surface area contributed by atoms with Crippen molar-refractivity contribution in [2.45, 2.75) is 110 Å². The van der Waals surface area contributed by atoms with Crippen LogP contribution in [0.15, 0.2) is 0 Å². The summed E-state index contributed by atoms with van der Waals surface area (Å²) in [6, 6.07) is 0. The van der Waals surface area contributed by atoms with E-state index >= 15 is 0 Å². The van der Waals surface area contributed by atoms with Gasteiger partial charge >= 0.3 is 23.1 Å². The Balaban J connectivity index is -0.000000540. The van der Waals surface area contributed by atoms with Gasteiger partial charge in [0.15, 0.2) is 0 Å². The summed E-state index contributed by atoms with van der Waals surface area (Å²) in [6.07, 6.45) is 23.3. The van der Waals surface area contributed by atoms with Crippen molar-refractivity contribution in [1.29, 1.82) is 0 Å². The van der Waals surface area contributed by atoms with E-state index in [0.29, 0.717) is 0 Å². The maximum Gasteiger partial charge on any atom is 2.00 e. The summed E-state index contributed by atoms with van der Waals surface area (Å²) in [4.78, 5) is 0. The summed E-state index contributed by atoms with van der Waals surface area (Å²) < 4.78 is 0. The van der Waals surface area contributed by atoms with Crippen molar-refractivity contribution in [3.8, 4) is 0 Å². The van der Waals surface area contributed by atoms with Crippen LogP contribution in [0.3, 0.4) is 0 Å². The Hall–Kier alpha value is 1.83. The van der Waals surface area contributed by atoms with Gasteiger partial charge in [-0.1, -0.05) is 119 Å². The zero-order valence-corrected chi connectivity index (χ0v) is 19.4. The largest absolute Gasteiger partial charge is 2.00 e. The molecule has 0 aliphatic carbocycles. The van der Waals surface area contributed by atoms with Gasteiger partial charge in [0.25, 0.3) is 0 Å². The van der Waals surface area contributed by atoms with Crippen LogP contribution in [0.2, 0.25) is 0 Å². The third-order valence-electron chi connectivity index (χ3n) is 3.99. The molecule has 0 amide bonds. The van der Waals surface area contributed by atoms with Gasteiger partial charge in [-0.3, -0.25) is 0 Å². The van der Waals surface area contributed by atoms with Gasteiger partial charge < -0.3 is 24.8 Å². The molecule has 0 saturated heterocycles.